The van der Waals surface area contributed by atoms with E-state index in [1.807, 2.05) is 38.1 Å². The normalized spacial score (nSPS) is 16.7. The molecule has 1 N–H and O–H groups in total. The van der Waals surface area contributed by atoms with E-state index in [-0.39, 0.29) is 17.6 Å². The first-order valence-corrected chi connectivity index (χ1v) is 10.5. The predicted octanol–water partition coefficient (Wildman–Crippen LogP) is 5.28. The van der Waals surface area contributed by atoms with Crippen molar-refractivity contribution in [2.45, 2.75) is 50.9 Å². The molecule has 1 aliphatic carbocycles. The van der Waals surface area contributed by atoms with Gasteiger partial charge in [0.1, 0.15) is 23.6 Å². The van der Waals surface area contributed by atoms with Crippen molar-refractivity contribution in [3.8, 4) is 6.07 Å². The van der Waals surface area contributed by atoms with E-state index in [4.69, 9.17) is 4.74 Å². The zero-order valence-corrected chi connectivity index (χ0v) is 18.1. The molecule has 1 saturated carbocycles. The Morgan fingerprint density at radius 3 is 2.21 bits per heavy atom. The van der Waals surface area contributed by atoms with Crippen molar-refractivity contribution >= 4 is 21.8 Å². The van der Waals surface area contributed by atoms with Crippen LogP contribution in [0.1, 0.15) is 50.3 Å². The highest BCUT2D eigenvalue weighted by Gasteiger charge is 2.46. The van der Waals surface area contributed by atoms with Gasteiger partial charge in [0.25, 0.3) is 0 Å². The topological polar surface area (TPSA) is 62.1 Å². The van der Waals surface area contributed by atoms with Crippen LogP contribution in [0.15, 0.2) is 53.0 Å². The maximum atomic E-state index is 13.5. The Kier molecular flexibility index (Phi) is 6.71. The molecule has 0 saturated heterocycles. The number of hydrogen-bond donors (Lipinski definition) is 1. The zero-order valence-electron chi connectivity index (χ0n) is 16.5. The van der Waals surface area contributed by atoms with Crippen LogP contribution in [0.4, 0.5) is 4.39 Å². The Balaban J connectivity index is 1.89. The molecule has 1 amide bonds. The number of carbonyl (C=O) groups is 1. The molecule has 2 aromatic rings. The molecule has 1 aliphatic rings. The average Bonchev–Trinajstić information content (AvgIpc) is 3.46. The SMILES string of the molecule is CC(C)CC(OC(c1ccc(F)cc1)c1ccc(Br)cc1)C(=O)NC1(C#N)CC1. The molecule has 29 heavy (non-hydrogen) atoms. The summed E-state index contributed by atoms with van der Waals surface area (Å²) in [5, 5.41) is 12.2. The second kappa shape index (κ2) is 9.06. The molecular weight excluding hydrogens is 435 g/mol. The summed E-state index contributed by atoms with van der Waals surface area (Å²) in [7, 11) is 0. The maximum absolute atomic E-state index is 13.5. The number of nitrogens with zero attached hydrogens (tertiary/aromatic N) is 1. The fraction of sp³-hybridized carbons (Fsp3) is 0.391. The Morgan fingerprint density at radius 2 is 1.72 bits per heavy atom. The van der Waals surface area contributed by atoms with Gasteiger partial charge in [-0.15, -0.1) is 0 Å². The number of benzene rings is 2. The van der Waals surface area contributed by atoms with Crippen molar-refractivity contribution in [2.24, 2.45) is 5.92 Å². The van der Waals surface area contributed by atoms with Gasteiger partial charge in [-0.1, -0.05) is 54.0 Å². The maximum Gasteiger partial charge on any atom is 0.250 e. The third-order valence-electron chi connectivity index (χ3n) is 4.95. The number of hydrogen-bond acceptors (Lipinski definition) is 3. The molecule has 0 aromatic heterocycles. The van der Waals surface area contributed by atoms with Gasteiger partial charge in [0, 0.05) is 4.47 Å². The number of nitrogens with one attached hydrogen (secondary N) is 1. The van der Waals surface area contributed by atoms with E-state index >= 15 is 0 Å². The molecule has 1 fully saturated rings. The summed E-state index contributed by atoms with van der Waals surface area (Å²) in [6, 6.07) is 15.9. The molecule has 0 spiro atoms. The molecule has 3 rings (SSSR count). The highest BCUT2D eigenvalue weighted by Crippen LogP contribution is 2.35. The van der Waals surface area contributed by atoms with Gasteiger partial charge in [0.2, 0.25) is 5.91 Å². The summed E-state index contributed by atoms with van der Waals surface area (Å²) in [5.41, 5.74) is 0.873. The molecular formula is C23H24BrFN2O2. The molecule has 0 heterocycles. The van der Waals surface area contributed by atoms with E-state index in [0.29, 0.717) is 19.3 Å². The zero-order chi connectivity index (χ0) is 21.0. The van der Waals surface area contributed by atoms with Crippen LogP contribution in [0, 0.1) is 23.1 Å². The summed E-state index contributed by atoms with van der Waals surface area (Å²) < 4.78 is 20.7. The van der Waals surface area contributed by atoms with Crippen LogP contribution in [0.25, 0.3) is 0 Å². The van der Waals surface area contributed by atoms with Gasteiger partial charge in [-0.3, -0.25) is 4.79 Å². The monoisotopic (exact) mass is 458 g/mol. The lowest BCUT2D eigenvalue weighted by Crippen LogP contribution is -2.44. The van der Waals surface area contributed by atoms with Crippen LogP contribution in [0.3, 0.4) is 0 Å². The number of amides is 1. The van der Waals surface area contributed by atoms with Crippen molar-refractivity contribution < 1.29 is 13.9 Å². The first-order valence-electron chi connectivity index (χ1n) is 9.71. The van der Waals surface area contributed by atoms with E-state index in [1.165, 1.54) is 12.1 Å². The summed E-state index contributed by atoms with van der Waals surface area (Å²) in [5.74, 6) is -0.381. The molecule has 4 nitrogen and oxygen atoms in total. The Labute approximate surface area is 179 Å². The lowest BCUT2D eigenvalue weighted by Gasteiger charge is -2.27. The minimum atomic E-state index is -0.751. The molecule has 2 atom stereocenters. The largest absolute Gasteiger partial charge is 0.356 e. The van der Waals surface area contributed by atoms with Crippen LogP contribution in [0.2, 0.25) is 0 Å². The van der Waals surface area contributed by atoms with Crippen molar-refractivity contribution in [1.82, 2.24) is 5.32 Å². The Hall–Kier alpha value is -2.23. The molecule has 0 radical (unpaired) electrons. The number of rotatable bonds is 8. The first-order chi connectivity index (χ1) is 13.8. The highest BCUT2D eigenvalue weighted by molar-refractivity contribution is 9.10. The van der Waals surface area contributed by atoms with E-state index in [2.05, 4.69) is 27.3 Å². The van der Waals surface area contributed by atoms with Crippen LogP contribution in [-0.2, 0) is 9.53 Å². The highest BCUT2D eigenvalue weighted by atomic mass is 79.9. The molecule has 2 unspecified atom stereocenters. The standard InChI is InChI=1S/C23H24BrFN2O2/c1-15(2)13-20(22(28)27-23(14-26)11-12-23)29-21(16-3-7-18(24)8-4-16)17-5-9-19(25)10-6-17/h3-10,15,20-21H,11-13H2,1-2H3,(H,27,28). The summed E-state index contributed by atoms with van der Waals surface area (Å²) >= 11 is 3.43. The van der Waals surface area contributed by atoms with Crippen LogP contribution in [-0.4, -0.2) is 17.6 Å². The smallest absolute Gasteiger partial charge is 0.250 e. The fourth-order valence-corrected chi connectivity index (χ4v) is 3.41. The first kappa shape index (κ1) is 21.5. The average molecular weight is 459 g/mol. The van der Waals surface area contributed by atoms with Crippen LogP contribution in [0.5, 0.6) is 0 Å². The van der Waals surface area contributed by atoms with Gasteiger partial charge in [0.05, 0.1) is 6.07 Å². The quantitative estimate of drug-likeness (QED) is 0.584. The van der Waals surface area contributed by atoms with E-state index in [0.717, 1.165) is 15.6 Å². The van der Waals surface area contributed by atoms with E-state index in [9.17, 15) is 14.4 Å². The second-order valence-corrected chi connectivity index (χ2v) is 8.84. The van der Waals surface area contributed by atoms with Gasteiger partial charge in [-0.2, -0.15) is 5.26 Å². The number of halogens is 2. The minimum absolute atomic E-state index is 0.224. The van der Waals surface area contributed by atoms with Crippen molar-refractivity contribution in [3.63, 3.8) is 0 Å². The minimum Gasteiger partial charge on any atom is -0.356 e. The van der Waals surface area contributed by atoms with Gasteiger partial charge in [-0.25, -0.2) is 4.39 Å². The number of ether oxygens (including phenoxy) is 1. The summed E-state index contributed by atoms with van der Waals surface area (Å²) in [6.45, 7) is 4.04. The summed E-state index contributed by atoms with van der Waals surface area (Å²) in [6.07, 6.45) is 0.590. The van der Waals surface area contributed by atoms with Gasteiger partial charge in [0.15, 0.2) is 0 Å². The Morgan fingerprint density at radius 1 is 1.17 bits per heavy atom. The second-order valence-electron chi connectivity index (χ2n) is 7.92. The van der Waals surface area contributed by atoms with Crippen molar-refractivity contribution in [1.29, 1.82) is 5.26 Å². The number of carbonyl (C=O) groups excluding carboxylic acids is 1. The summed E-state index contributed by atoms with van der Waals surface area (Å²) in [4.78, 5) is 12.9. The fourth-order valence-electron chi connectivity index (χ4n) is 3.15. The third kappa shape index (κ3) is 5.65. The van der Waals surface area contributed by atoms with Crippen molar-refractivity contribution in [2.75, 3.05) is 0 Å². The number of nitriles is 1. The van der Waals surface area contributed by atoms with Crippen molar-refractivity contribution in [3.05, 3.63) is 69.9 Å². The predicted molar refractivity (Wildman–Crippen MR) is 112 cm³/mol. The van der Waals surface area contributed by atoms with E-state index in [1.54, 1.807) is 12.1 Å². The van der Waals surface area contributed by atoms with Crippen LogP contribution >= 0.6 is 15.9 Å². The van der Waals surface area contributed by atoms with Crippen LogP contribution < -0.4 is 5.32 Å². The molecule has 6 heteroatoms. The molecule has 0 aliphatic heterocycles. The molecule has 2 aromatic carbocycles. The lowest BCUT2D eigenvalue weighted by atomic mass is 9.99. The van der Waals surface area contributed by atoms with Gasteiger partial charge < -0.3 is 10.1 Å². The molecule has 152 valence electrons. The Bertz CT molecular complexity index is 841. The third-order valence-corrected chi connectivity index (χ3v) is 5.48. The van der Waals surface area contributed by atoms with Gasteiger partial charge >= 0.3 is 0 Å². The van der Waals surface area contributed by atoms with E-state index < -0.39 is 17.7 Å². The lowest BCUT2D eigenvalue weighted by molar-refractivity contribution is -0.137. The molecule has 0 bridgehead atoms. The van der Waals surface area contributed by atoms with Gasteiger partial charge in [-0.05, 0) is 60.6 Å².